The SMILES string of the molecule is COc1cc(/C=C2\SC(=O)N(CCNC(=O)CCc3ccco3)C2=O)ccc1OC(F)F. The highest BCUT2D eigenvalue weighted by atomic mass is 32.2. The highest BCUT2D eigenvalue weighted by Crippen LogP contribution is 2.34. The number of furan rings is 1. The number of rotatable bonds is 10. The van der Waals surface area contributed by atoms with Gasteiger partial charge in [-0.15, -0.1) is 0 Å². The number of alkyl halides is 2. The van der Waals surface area contributed by atoms with E-state index >= 15 is 0 Å². The number of amides is 3. The van der Waals surface area contributed by atoms with Gasteiger partial charge in [0.25, 0.3) is 11.1 Å². The number of carbonyl (C=O) groups excluding carboxylic acids is 3. The second kappa shape index (κ2) is 10.8. The first-order valence-electron chi connectivity index (χ1n) is 9.54. The predicted octanol–water partition coefficient (Wildman–Crippen LogP) is 3.67. The molecule has 8 nitrogen and oxygen atoms in total. The zero-order chi connectivity index (χ0) is 23.1. The van der Waals surface area contributed by atoms with Gasteiger partial charge in [0.2, 0.25) is 5.91 Å². The van der Waals surface area contributed by atoms with Gasteiger partial charge in [-0.3, -0.25) is 19.3 Å². The van der Waals surface area contributed by atoms with Crippen LogP contribution in [0.5, 0.6) is 11.5 Å². The lowest BCUT2D eigenvalue weighted by molar-refractivity contribution is -0.124. The number of hydrogen-bond acceptors (Lipinski definition) is 7. The van der Waals surface area contributed by atoms with Crippen LogP contribution in [0.25, 0.3) is 6.08 Å². The molecule has 1 aromatic carbocycles. The van der Waals surface area contributed by atoms with Crippen molar-refractivity contribution in [3.8, 4) is 11.5 Å². The Morgan fingerprint density at radius 3 is 2.78 bits per heavy atom. The maximum atomic E-state index is 12.6. The molecule has 3 rings (SSSR count). The van der Waals surface area contributed by atoms with E-state index in [1.807, 2.05) is 0 Å². The van der Waals surface area contributed by atoms with Crippen molar-refractivity contribution in [2.24, 2.45) is 0 Å². The van der Waals surface area contributed by atoms with Gasteiger partial charge in [0, 0.05) is 25.9 Å². The number of aryl methyl sites for hydroxylation is 1. The smallest absolute Gasteiger partial charge is 0.387 e. The van der Waals surface area contributed by atoms with Crippen LogP contribution in [-0.2, 0) is 16.0 Å². The summed E-state index contributed by atoms with van der Waals surface area (Å²) in [7, 11) is 1.30. The number of carbonyl (C=O) groups is 3. The van der Waals surface area contributed by atoms with Crippen LogP contribution < -0.4 is 14.8 Å². The molecule has 0 spiro atoms. The van der Waals surface area contributed by atoms with Gasteiger partial charge < -0.3 is 19.2 Å². The van der Waals surface area contributed by atoms with E-state index in [2.05, 4.69) is 10.1 Å². The number of hydrogen-bond donors (Lipinski definition) is 1. The number of nitrogens with zero attached hydrogens (tertiary/aromatic N) is 1. The van der Waals surface area contributed by atoms with Crippen LogP contribution in [0.4, 0.5) is 13.6 Å². The van der Waals surface area contributed by atoms with E-state index in [1.54, 1.807) is 12.1 Å². The molecule has 11 heteroatoms. The Labute approximate surface area is 186 Å². The summed E-state index contributed by atoms with van der Waals surface area (Å²) < 4.78 is 39.5. The molecule has 0 aliphatic carbocycles. The largest absolute Gasteiger partial charge is 0.493 e. The number of imide groups is 1. The molecule has 1 fully saturated rings. The Kier molecular flexibility index (Phi) is 7.87. The summed E-state index contributed by atoms with van der Waals surface area (Å²) in [4.78, 5) is 37.9. The molecular formula is C21H20F2N2O6S. The van der Waals surface area contributed by atoms with Crippen molar-refractivity contribution in [2.75, 3.05) is 20.2 Å². The van der Waals surface area contributed by atoms with Gasteiger partial charge in [0.15, 0.2) is 11.5 Å². The molecule has 3 amide bonds. The van der Waals surface area contributed by atoms with E-state index < -0.39 is 17.8 Å². The number of benzene rings is 1. The predicted molar refractivity (Wildman–Crippen MR) is 112 cm³/mol. The molecule has 2 heterocycles. The third-order valence-electron chi connectivity index (χ3n) is 4.41. The number of ether oxygens (including phenoxy) is 2. The lowest BCUT2D eigenvalue weighted by Crippen LogP contribution is -2.37. The first-order chi connectivity index (χ1) is 15.4. The van der Waals surface area contributed by atoms with Crippen molar-refractivity contribution in [3.05, 3.63) is 52.8 Å². The zero-order valence-corrected chi connectivity index (χ0v) is 17.8. The van der Waals surface area contributed by atoms with E-state index in [4.69, 9.17) is 9.15 Å². The van der Waals surface area contributed by atoms with Crippen molar-refractivity contribution in [1.82, 2.24) is 10.2 Å². The Hall–Kier alpha value is -3.34. The van der Waals surface area contributed by atoms with Crippen LogP contribution in [0.1, 0.15) is 17.7 Å². The highest BCUT2D eigenvalue weighted by Gasteiger charge is 2.34. The molecule has 1 aliphatic rings. The van der Waals surface area contributed by atoms with Crippen molar-refractivity contribution in [2.45, 2.75) is 19.5 Å². The van der Waals surface area contributed by atoms with E-state index in [-0.39, 0.29) is 41.8 Å². The van der Waals surface area contributed by atoms with Crippen LogP contribution in [0.15, 0.2) is 45.9 Å². The minimum atomic E-state index is -3.00. The Morgan fingerprint density at radius 1 is 1.28 bits per heavy atom. The molecule has 0 unspecified atom stereocenters. The van der Waals surface area contributed by atoms with E-state index in [9.17, 15) is 23.2 Å². The molecule has 32 heavy (non-hydrogen) atoms. The molecule has 0 radical (unpaired) electrons. The second-order valence-corrected chi connectivity index (χ2v) is 7.54. The number of methoxy groups -OCH3 is 1. The van der Waals surface area contributed by atoms with Gasteiger partial charge in [-0.2, -0.15) is 8.78 Å². The number of halogens is 2. The molecule has 1 aliphatic heterocycles. The van der Waals surface area contributed by atoms with E-state index in [1.165, 1.54) is 37.6 Å². The molecule has 0 bridgehead atoms. The summed E-state index contributed by atoms with van der Waals surface area (Å²) in [5, 5.41) is 2.21. The topological polar surface area (TPSA) is 98.1 Å². The molecular weight excluding hydrogens is 446 g/mol. The van der Waals surface area contributed by atoms with Crippen LogP contribution in [0.3, 0.4) is 0 Å². The molecule has 170 valence electrons. The summed E-state index contributed by atoms with van der Waals surface area (Å²) >= 11 is 0.754. The Morgan fingerprint density at radius 2 is 2.09 bits per heavy atom. The lowest BCUT2D eigenvalue weighted by atomic mass is 10.2. The fourth-order valence-corrected chi connectivity index (χ4v) is 3.76. The Bertz CT molecular complexity index is 1010. The minimum absolute atomic E-state index is 0.0268. The van der Waals surface area contributed by atoms with Crippen LogP contribution in [0.2, 0.25) is 0 Å². The number of thioether (sulfide) groups is 1. The number of nitrogens with one attached hydrogen (secondary N) is 1. The van der Waals surface area contributed by atoms with Crippen molar-refractivity contribution in [3.63, 3.8) is 0 Å². The molecule has 1 N–H and O–H groups in total. The third-order valence-corrected chi connectivity index (χ3v) is 5.32. The van der Waals surface area contributed by atoms with Crippen LogP contribution >= 0.6 is 11.8 Å². The fraction of sp³-hybridized carbons (Fsp3) is 0.286. The molecule has 1 saturated heterocycles. The maximum absolute atomic E-state index is 12.6. The summed E-state index contributed by atoms with van der Waals surface area (Å²) in [5.74, 6) is -0.105. The summed E-state index contributed by atoms with van der Waals surface area (Å²) in [6.45, 7) is -2.86. The van der Waals surface area contributed by atoms with Crippen LogP contribution in [-0.4, -0.2) is 48.8 Å². The van der Waals surface area contributed by atoms with E-state index in [0.717, 1.165) is 16.7 Å². The fourth-order valence-electron chi connectivity index (χ4n) is 2.90. The van der Waals surface area contributed by atoms with Gasteiger partial charge in [-0.1, -0.05) is 6.07 Å². The second-order valence-electron chi connectivity index (χ2n) is 6.55. The lowest BCUT2D eigenvalue weighted by Gasteiger charge is -2.13. The summed E-state index contributed by atoms with van der Waals surface area (Å²) in [5.41, 5.74) is 0.472. The van der Waals surface area contributed by atoms with Crippen molar-refractivity contribution >= 4 is 34.9 Å². The highest BCUT2D eigenvalue weighted by molar-refractivity contribution is 8.18. The minimum Gasteiger partial charge on any atom is -0.493 e. The van der Waals surface area contributed by atoms with Crippen LogP contribution in [0, 0.1) is 0 Å². The summed E-state index contributed by atoms with van der Waals surface area (Å²) in [6, 6.07) is 7.69. The first-order valence-corrected chi connectivity index (χ1v) is 10.4. The summed E-state index contributed by atoms with van der Waals surface area (Å²) in [6.07, 6.45) is 3.67. The van der Waals surface area contributed by atoms with Gasteiger partial charge in [-0.25, -0.2) is 0 Å². The monoisotopic (exact) mass is 466 g/mol. The quantitative estimate of drug-likeness (QED) is 0.534. The maximum Gasteiger partial charge on any atom is 0.387 e. The molecule has 0 saturated carbocycles. The van der Waals surface area contributed by atoms with Gasteiger partial charge in [0.05, 0.1) is 18.3 Å². The average Bonchev–Trinajstić information content (AvgIpc) is 3.36. The average molecular weight is 466 g/mol. The van der Waals surface area contributed by atoms with Crippen molar-refractivity contribution in [1.29, 1.82) is 0 Å². The van der Waals surface area contributed by atoms with Gasteiger partial charge in [0.1, 0.15) is 5.76 Å². The van der Waals surface area contributed by atoms with Gasteiger partial charge in [-0.05, 0) is 47.7 Å². The van der Waals surface area contributed by atoms with Gasteiger partial charge >= 0.3 is 6.61 Å². The first kappa shape index (κ1) is 23.3. The van der Waals surface area contributed by atoms with Crippen molar-refractivity contribution < 1.29 is 37.1 Å². The normalized spacial score (nSPS) is 15.0. The molecule has 0 atom stereocenters. The zero-order valence-electron chi connectivity index (χ0n) is 17.0. The third kappa shape index (κ3) is 6.10. The van der Waals surface area contributed by atoms with E-state index in [0.29, 0.717) is 17.7 Å². The Balaban J connectivity index is 1.55. The molecule has 1 aromatic heterocycles. The molecule has 2 aromatic rings. The standard InChI is InChI=1S/C21H20F2N2O6S/c1-29-16-11-13(4-6-15(16)31-20(22)23)12-17-19(27)25(21(28)32-17)9-8-24-18(26)7-5-14-3-2-10-30-14/h2-4,6,10-12,20H,5,7-9H2,1H3,(H,24,26)/b17-12-.